The fraction of sp³-hybridized carbons (Fsp3) is 0.571. The Morgan fingerprint density at radius 3 is 2.43 bits per heavy atom. The minimum Gasteiger partial charge on any atom is -0.365 e. The van der Waals surface area contributed by atoms with Gasteiger partial charge in [0.15, 0.2) is 0 Å². The Labute approximate surface area is 120 Å². The lowest BCUT2D eigenvalue weighted by Crippen LogP contribution is -2.32. The maximum absolute atomic E-state index is 12.9. The third-order valence-electron chi connectivity index (χ3n) is 3.84. The molecule has 0 spiro atoms. The van der Waals surface area contributed by atoms with Crippen LogP contribution in [0.2, 0.25) is 0 Å². The number of hydrogen-bond acceptors (Lipinski definition) is 3. The van der Waals surface area contributed by atoms with Crippen LogP contribution in [0.15, 0.2) is 12.1 Å². The predicted octanol–water partition coefficient (Wildman–Crippen LogP) is 2.58. The second-order valence-electron chi connectivity index (χ2n) is 5.76. The Kier molecular flexibility index (Phi) is 3.30. The molecule has 0 atom stereocenters. The van der Waals surface area contributed by atoms with Gasteiger partial charge in [0.25, 0.3) is 5.91 Å². The van der Waals surface area contributed by atoms with Gasteiger partial charge in [-0.1, -0.05) is 0 Å². The van der Waals surface area contributed by atoms with Crippen molar-refractivity contribution in [3.05, 3.63) is 23.4 Å². The van der Waals surface area contributed by atoms with Crippen molar-refractivity contribution < 1.29 is 18.0 Å². The van der Waals surface area contributed by atoms with E-state index in [4.69, 9.17) is 5.73 Å². The zero-order chi connectivity index (χ0) is 15.2. The number of aromatic nitrogens is 1. The summed E-state index contributed by atoms with van der Waals surface area (Å²) in [6, 6.07) is 2.13. The number of carbonyl (C=O) groups excluding carboxylic acids is 1. The predicted molar refractivity (Wildman–Crippen MR) is 70.8 cm³/mol. The summed E-state index contributed by atoms with van der Waals surface area (Å²) in [5.74, 6) is -0.165. The minimum atomic E-state index is -4.53. The molecular formula is C14H16F3N3O. The molecule has 0 aromatic carbocycles. The average molecular weight is 299 g/mol. The molecule has 1 aromatic heterocycles. The highest BCUT2D eigenvalue weighted by Gasteiger charge is 2.38. The van der Waals surface area contributed by atoms with Gasteiger partial charge in [-0.2, -0.15) is 13.2 Å². The topological polar surface area (TPSA) is 59.2 Å². The summed E-state index contributed by atoms with van der Waals surface area (Å²) in [5, 5.41) is 0. The van der Waals surface area contributed by atoms with E-state index in [2.05, 4.69) is 4.98 Å². The van der Waals surface area contributed by atoms with Crippen LogP contribution in [0.3, 0.4) is 0 Å². The molecule has 0 unspecified atom stereocenters. The van der Waals surface area contributed by atoms with Gasteiger partial charge in [0.1, 0.15) is 11.5 Å². The molecule has 3 rings (SSSR count). The molecule has 7 heteroatoms. The molecule has 0 bridgehead atoms. The fourth-order valence-electron chi connectivity index (χ4n) is 2.39. The van der Waals surface area contributed by atoms with Gasteiger partial charge in [0.2, 0.25) is 0 Å². The molecule has 2 N–H and O–H groups in total. The van der Waals surface area contributed by atoms with E-state index in [0.717, 1.165) is 37.8 Å². The first-order valence-electron chi connectivity index (χ1n) is 7.01. The fourth-order valence-corrected chi connectivity index (χ4v) is 2.39. The Hall–Kier alpha value is -1.79. The van der Waals surface area contributed by atoms with Crippen molar-refractivity contribution >= 4 is 11.7 Å². The van der Waals surface area contributed by atoms with Gasteiger partial charge < -0.3 is 10.6 Å². The van der Waals surface area contributed by atoms with Crippen molar-refractivity contribution in [3.8, 4) is 0 Å². The van der Waals surface area contributed by atoms with Crippen LogP contribution in [0.1, 0.15) is 41.7 Å². The Balaban J connectivity index is 2.00. The highest BCUT2D eigenvalue weighted by atomic mass is 19.4. The quantitative estimate of drug-likeness (QED) is 0.909. The van der Waals surface area contributed by atoms with Crippen molar-refractivity contribution in [3.63, 3.8) is 0 Å². The van der Waals surface area contributed by atoms with Gasteiger partial charge >= 0.3 is 6.18 Å². The molecule has 21 heavy (non-hydrogen) atoms. The van der Waals surface area contributed by atoms with Crippen LogP contribution in [0, 0.1) is 5.92 Å². The molecule has 2 saturated carbocycles. The number of nitrogens with zero attached hydrogens (tertiary/aromatic N) is 2. The van der Waals surface area contributed by atoms with E-state index in [1.165, 1.54) is 0 Å². The summed E-state index contributed by atoms with van der Waals surface area (Å²) in [6.07, 6.45) is -0.534. The van der Waals surface area contributed by atoms with Crippen LogP contribution in [-0.4, -0.2) is 23.5 Å². The molecule has 0 radical (unpaired) electrons. The number of amides is 1. The van der Waals surface area contributed by atoms with Crippen LogP contribution >= 0.6 is 0 Å². The first kappa shape index (κ1) is 14.2. The number of alkyl halides is 3. The van der Waals surface area contributed by atoms with Crippen LogP contribution in [-0.2, 0) is 6.18 Å². The normalized spacial score (nSPS) is 18.6. The first-order chi connectivity index (χ1) is 9.86. The monoisotopic (exact) mass is 299 g/mol. The van der Waals surface area contributed by atoms with Crippen molar-refractivity contribution in [2.75, 3.05) is 11.4 Å². The molecular weight excluding hydrogens is 283 g/mol. The van der Waals surface area contributed by atoms with E-state index >= 15 is 0 Å². The second-order valence-corrected chi connectivity index (χ2v) is 5.76. The van der Waals surface area contributed by atoms with Gasteiger partial charge in [0, 0.05) is 12.6 Å². The number of halogens is 3. The molecule has 2 fully saturated rings. The SMILES string of the molecule is NC(=O)c1ccc(C(F)(F)F)nc1N(CC1CC1)C1CC1. The van der Waals surface area contributed by atoms with Gasteiger partial charge in [-0.05, 0) is 43.7 Å². The molecule has 2 aliphatic rings. The molecule has 2 aliphatic carbocycles. The molecule has 4 nitrogen and oxygen atoms in total. The molecule has 114 valence electrons. The lowest BCUT2D eigenvalue weighted by Gasteiger charge is -2.26. The third-order valence-corrected chi connectivity index (χ3v) is 3.84. The van der Waals surface area contributed by atoms with E-state index in [0.29, 0.717) is 12.5 Å². The van der Waals surface area contributed by atoms with Crippen molar-refractivity contribution in [1.29, 1.82) is 0 Å². The van der Waals surface area contributed by atoms with Crippen LogP contribution in [0.25, 0.3) is 0 Å². The van der Waals surface area contributed by atoms with Crippen LogP contribution < -0.4 is 10.6 Å². The van der Waals surface area contributed by atoms with E-state index in [9.17, 15) is 18.0 Å². The molecule has 0 aliphatic heterocycles. The first-order valence-corrected chi connectivity index (χ1v) is 7.01. The molecule has 1 heterocycles. The Bertz CT molecular complexity index is 565. The van der Waals surface area contributed by atoms with Crippen LogP contribution in [0.4, 0.5) is 19.0 Å². The standard InChI is InChI=1S/C14H16F3N3O/c15-14(16,17)11-6-5-10(12(18)21)13(19-11)20(9-3-4-9)7-8-1-2-8/h5-6,8-9H,1-4,7H2,(H2,18,21). The second kappa shape index (κ2) is 4.89. The lowest BCUT2D eigenvalue weighted by molar-refractivity contribution is -0.141. The number of anilines is 1. The van der Waals surface area contributed by atoms with Gasteiger partial charge in [0.05, 0.1) is 5.56 Å². The highest BCUT2D eigenvalue weighted by Crippen LogP contribution is 2.39. The number of primary amides is 1. The maximum Gasteiger partial charge on any atom is 0.433 e. The third kappa shape index (κ3) is 3.11. The number of pyridine rings is 1. The molecule has 0 saturated heterocycles. The zero-order valence-corrected chi connectivity index (χ0v) is 11.4. The summed E-state index contributed by atoms with van der Waals surface area (Å²) in [4.78, 5) is 17.1. The van der Waals surface area contributed by atoms with Gasteiger partial charge in [-0.3, -0.25) is 4.79 Å². The zero-order valence-electron chi connectivity index (χ0n) is 11.4. The highest BCUT2D eigenvalue weighted by molar-refractivity contribution is 5.97. The van der Waals surface area contributed by atoms with Crippen molar-refractivity contribution in [2.24, 2.45) is 11.7 Å². The van der Waals surface area contributed by atoms with Crippen molar-refractivity contribution in [1.82, 2.24) is 4.98 Å². The van der Waals surface area contributed by atoms with E-state index in [-0.39, 0.29) is 17.4 Å². The average Bonchev–Trinajstić information content (AvgIpc) is 3.25. The van der Waals surface area contributed by atoms with Gasteiger partial charge in [-0.15, -0.1) is 0 Å². The van der Waals surface area contributed by atoms with E-state index < -0.39 is 17.8 Å². The Morgan fingerprint density at radius 1 is 1.29 bits per heavy atom. The van der Waals surface area contributed by atoms with E-state index in [1.54, 1.807) is 0 Å². The maximum atomic E-state index is 12.9. The molecule has 1 aromatic rings. The number of nitrogens with two attached hydrogens (primary N) is 1. The number of carbonyl (C=O) groups is 1. The van der Waals surface area contributed by atoms with E-state index in [1.807, 2.05) is 4.90 Å². The Morgan fingerprint density at radius 2 is 1.95 bits per heavy atom. The molecule has 1 amide bonds. The number of hydrogen-bond donors (Lipinski definition) is 1. The summed E-state index contributed by atoms with van der Waals surface area (Å²) in [7, 11) is 0. The summed E-state index contributed by atoms with van der Waals surface area (Å²) in [6.45, 7) is 0.652. The smallest absolute Gasteiger partial charge is 0.365 e. The minimum absolute atomic E-state index is 0.0653. The largest absolute Gasteiger partial charge is 0.433 e. The van der Waals surface area contributed by atoms with Crippen LogP contribution in [0.5, 0.6) is 0 Å². The summed E-state index contributed by atoms with van der Waals surface area (Å²) < 4.78 is 38.6. The number of rotatable bonds is 5. The summed E-state index contributed by atoms with van der Waals surface area (Å²) in [5.41, 5.74) is 4.37. The van der Waals surface area contributed by atoms with Crippen molar-refractivity contribution in [2.45, 2.75) is 37.9 Å². The summed E-state index contributed by atoms with van der Waals surface area (Å²) >= 11 is 0. The van der Waals surface area contributed by atoms with Gasteiger partial charge in [-0.25, -0.2) is 4.98 Å². The lowest BCUT2D eigenvalue weighted by atomic mass is 10.2.